The molecule has 8 heteroatoms. The second-order valence-electron chi connectivity index (χ2n) is 7.56. The first-order valence-electron chi connectivity index (χ1n) is 10.9. The number of pyridine rings is 1. The van der Waals surface area contributed by atoms with Crippen molar-refractivity contribution < 1.29 is 28.6 Å². The lowest BCUT2D eigenvalue weighted by molar-refractivity contribution is -0.162. The highest BCUT2D eigenvalue weighted by molar-refractivity contribution is 5.98. The van der Waals surface area contributed by atoms with Crippen molar-refractivity contribution in [3.63, 3.8) is 0 Å². The Morgan fingerprint density at radius 3 is 2.09 bits per heavy atom. The first kappa shape index (κ1) is 21.8. The summed E-state index contributed by atoms with van der Waals surface area (Å²) in [5.41, 5.74) is 3.07. The quantitative estimate of drug-likeness (QED) is 0.502. The third kappa shape index (κ3) is 3.39. The van der Waals surface area contributed by atoms with Gasteiger partial charge in [0.1, 0.15) is 12.0 Å². The Balaban J connectivity index is 1.98. The lowest BCUT2D eigenvalue weighted by Crippen LogP contribution is -2.45. The molecule has 0 saturated carbocycles. The SMILES string of the molecule is CCOC(=O)C1C(C(=O)OCC)N2c3ccccc3-c3cccnc3[C@@H]2[C@H]1C(=O)OCC. The maximum atomic E-state index is 13.2. The van der Waals surface area contributed by atoms with Crippen molar-refractivity contribution in [1.29, 1.82) is 0 Å². The maximum Gasteiger partial charge on any atom is 0.329 e. The number of carbonyl (C=O) groups excluding carboxylic acids is 3. The van der Waals surface area contributed by atoms with E-state index in [4.69, 9.17) is 14.2 Å². The van der Waals surface area contributed by atoms with E-state index in [1.165, 1.54) is 0 Å². The van der Waals surface area contributed by atoms with Crippen LogP contribution in [-0.4, -0.2) is 48.8 Å². The molecule has 0 spiro atoms. The van der Waals surface area contributed by atoms with Gasteiger partial charge >= 0.3 is 17.9 Å². The Kier molecular flexibility index (Phi) is 6.12. The smallest absolute Gasteiger partial charge is 0.329 e. The van der Waals surface area contributed by atoms with Crippen molar-refractivity contribution in [2.45, 2.75) is 32.9 Å². The summed E-state index contributed by atoms with van der Waals surface area (Å²) in [7, 11) is 0. The summed E-state index contributed by atoms with van der Waals surface area (Å²) in [5, 5.41) is 0. The van der Waals surface area contributed by atoms with Crippen molar-refractivity contribution in [2.75, 3.05) is 24.7 Å². The van der Waals surface area contributed by atoms with E-state index in [0.717, 1.165) is 16.8 Å². The summed E-state index contributed by atoms with van der Waals surface area (Å²) in [5.74, 6) is -3.86. The highest BCUT2D eigenvalue weighted by atomic mass is 16.5. The van der Waals surface area contributed by atoms with E-state index in [0.29, 0.717) is 5.69 Å². The van der Waals surface area contributed by atoms with E-state index in [1.54, 1.807) is 31.9 Å². The van der Waals surface area contributed by atoms with E-state index in [2.05, 4.69) is 4.98 Å². The Hall–Kier alpha value is -3.42. The molecule has 8 nitrogen and oxygen atoms in total. The van der Waals surface area contributed by atoms with Crippen LogP contribution in [0, 0.1) is 11.8 Å². The molecule has 2 aromatic rings. The van der Waals surface area contributed by atoms with Crippen LogP contribution < -0.4 is 4.90 Å². The Morgan fingerprint density at radius 1 is 0.812 bits per heavy atom. The molecule has 0 radical (unpaired) electrons. The topological polar surface area (TPSA) is 95.0 Å². The van der Waals surface area contributed by atoms with Gasteiger partial charge in [-0.1, -0.05) is 24.3 Å². The van der Waals surface area contributed by atoms with Crippen LogP contribution in [0.4, 0.5) is 5.69 Å². The second-order valence-corrected chi connectivity index (χ2v) is 7.56. The summed E-state index contributed by atoms with van der Waals surface area (Å²) in [4.78, 5) is 46.0. The third-order valence-electron chi connectivity index (χ3n) is 5.90. The van der Waals surface area contributed by atoms with Gasteiger partial charge in [-0.05, 0) is 32.9 Å². The lowest BCUT2D eigenvalue weighted by Gasteiger charge is -2.38. The summed E-state index contributed by atoms with van der Waals surface area (Å²) in [6.07, 6.45) is 1.64. The summed E-state index contributed by atoms with van der Waals surface area (Å²) in [6.45, 7) is 5.50. The van der Waals surface area contributed by atoms with E-state index in [-0.39, 0.29) is 19.8 Å². The fraction of sp³-hybridized carbons (Fsp3) is 0.417. The van der Waals surface area contributed by atoms with Gasteiger partial charge in [0, 0.05) is 23.0 Å². The van der Waals surface area contributed by atoms with Crippen LogP contribution in [0.1, 0.15) is 32.5 Å². The zero-order chi connectivity index (χ0) is 22.8. The lowest BCUT2D eigenvalue weighted by atomic mass is 9.83. The first-order valence-corrected chi connectivity index (χ1v) is 10.9. The molecule has 32 heavy (non-hydrogen) atoms. The van der Waals surface area contributed by atoms with Crippen LogP contribution in [0.25, 0.3) is 11.1 Å². The summed E-state index contributed by atoms with van der Waals surface area (Å²) in [6, 6.07) is 9.59. The molecule has 2 unspecified atom stereocenters. The highest BCUT2D eigenvalue weighted by Crippen LogP contribution is 2.55. The molecule has 0 amide bonds. The Labute approximate surface area is 186 Å². The highest BCUT2D eigenvalue weighted by Gasteiger charge is 2.62. The number of rotatable bonds is 6. The minimum atomic E-state index is -1.10. The van der Waals surface area contributed by atoms with Gasteiger partial charge < -0.3 is 19.1 Å². The van der Waals surface area contributed by atoms with Crippen LogP contribution in [-0.2, 0) is 28.6 Å². The molecular weight excluding hydrogens is 412 g/mol. The summed E-state index contributed by atoms with van der Waals surface area (Å²) >= 11 is 0. The van der Waals surface area contributed by atoms with E-state index in [1.807, 2.05) is 36.4 Å². The minimum absolute atomic E-state index is 0.122. The number of para-hydroxylation sites is 1. The molecule has 4 rings (SSSR count). The maximum absolute atomic E-state index is 13.2. The van der Waals surface area contributed by atoms with Gasteiger partial charge in [-0.15, -0.1) is 0 Å². The zero-order valence-electron chi connectivity index (χ0n) is 18.3. The Morgan fingerprint density at radius 2 is 1.41 bits per heavy atom. The number of esters is 3. The van der Waals surface area contributed by atoms with Crippen LogP contribution in [0.5, 0.6) is 0 Å². The second kappa shape index (κ2) is 8.98. The van der Waals surface area contributed by atoms with Crippen LogP contribution >= 0.6 is 0 Å². The number of ether oxygens (including phenoxy) is 3. The van der Waals surface area contributed by atoms with Gasteiger partial charge in [0.15, 0.2) is 0 Å². The molecule has 168 valence electrons. The molecule has 2 aliphatic rings. The number of nitrogens with zero attached hydrogens (tertiary/aromatic N) is 2. The molecule has 0 N–H and O–H groups in total. The van der Waals surface area contributed by atoms with Crippen molar-refractivity contribution in [3.8, 4) is 11.1 Å². The van der Waals surface area contributed by atoms with Gasteiger partial charge in [-0.2, -0.15) is 0 Å². The molecule has 1 fully saturated rings. The number of fused-ring (bicyclic) bond motifs is 6. The molecule has 4 atom stereocenters. The van der Waals surface area contributed by atoms with Crippen LogP contribution in [0.3, 0.4) is 0 Å². The molecule has 2 aliphatic heterocycles. The molecule has 1 saturated heterocycles. The Bertz CT molecular complexity index is 965. The van der Waals surface area contributed by atoms with Crippen molar-refractivity contribution in [1.82, 2.24) is 4.98 Å². The normalized spacial score (nSPS) is 22.9. The fourth-order valence-corrected chi connectivity index (χ4v) is 4.84. The van der Waals surface area contributed by atoms with Crippen molar-refractivity contribution >= 4 is 23.6 Å². The molecule has 3 heterocycles. The molecule has 1 aromatic carbocycles. The molecule has 0 aliphatic carbocycles. The predicted octanol–water partition coefficient (Wildman–Crippen LogP) is 2.91. The van der Waals surface area contributed by atoms with Crippen molar-refractivity contribution in [2.24, 2.45) is 11.8 Å². The van der Waals surface area contributed by atoms with Gasteiger partial charge in [0.25, 0.3) is 0 Å². The number of hydrogen-bond donors (Lipinski definition) is 0. The standard InChI is InChI=1S/C24H26N2O6/c1-4-30-22(27)17-18(23(28)31-5-2)21(24(29)32-6-3)26-16-12-8-7-10-14(16)15-11-9-13-25-19(15)20(17)26/h7-13,17-18,20-21H,4-6H2,1-3H3/t17-,18?,20-,21?/m0/s1. The van der Waals surface area contributed by atoms with Gasteiger partial charge in [-0.3, -0.25) is 14.6 Å². The molecular formula is C24H26N2O6. The van der Waals surface area contributed by atoms with Gasteiger partial charge in [0.05, 0.1) is 37.5 Å². The largest absolute Gasteiger partial charge is 0.466 e. The number of benzene rings is 1. The van der Waals surface area contributed by atoms with Crippen molar-refractivity contribution in [3.05, 3.63) is 48.3 Å². The predicted molar refractivity (Wildman–Crippen MR) is 116 cm³/mol. The van der Waals surface area contributed by atoms with Crippen LogP contribution in [0.2, 0.25) is 0 Å². The number of aromatic nitrogens is 1. The minimum Gasteiger partial charge on any atom is -0.466 e. The zero-order valence-corrected chi connectivity index (χ0v) is 18.3. The number of carbonyl (C=O) groups is 3. The van der Waals surface area contributed by atoms with Crippen LogP contribution in [0.15, 0.2) is 42.6 Å². The van der Waals surface area contributed by atoms with E-state index in [9.17, 15) is 14.4 Å². The monoisotopic (exact) mass is 438 g/mol. The fourth-order valence-electron chi connectivity index (χ4n) is 4.84. The number of anilines is 1. The van der Waals surface area contributed by atoms with Gasteiger partial charge in [-0.25, -0.2) is 4.79 Å². The average molecular weight is 438 g/mol. The van der Waals surface area contributed by atoms with Gasteiger partial charge in [0.2, 0.25) is 0 Å². The van der Waals surface area contributed by atoms with E-state index >= 15 is 0 Å². The third-order valence-corrected chi connectivity index (χ3v) is 5.90. The number of hydrogen-bond acceptors (Lipinski definition) is 8. The molecule has 0 bridgehead atoms. The first-order chi connectivity index (χ1) is 15.5. The van der Waals surface area contributed by atoms with E-state index < -0.39 is 41.8 Å². The summed E-state index contributed by atoms with van der Waals surface area (Å²) < 4.78 is 16.1. The molecule has 1 aromatic heterocycles. The average Bonchev–Trinajstić information content (AvgIpc) is 3.17.